The fraction of sp³-hybridized carbons (Fsp3) is 0.167. The summed E-state index contributed by atoms with van der Waals surface area (Å²) in [6.07, 6.45) is 1.73. The molecule has 30 heavy (non-hydrogen) atoms. The van der Waals surface area contributed by atoms with Gasteiger partial charge >= 0.3 is 0 Å². The molecule has 0 saturated heterocycles. The maximum absolute atomic E-state index is 9.17. The minimum absolute atomic E-state index is 0.335. The summed E-state index contributed by atoms with van der Waals surface area (Å²) in [6, 6.07) is 22.9. The van der Waals surface area contributed by atoms with Gasteiger partial charge < -0.3 is 19.6 Å². The normalized spacial score (nSPS) is 10.4. The molecule has 0 spiro atoms. The van der Waals surface area contributed by atoms with E-state index in [0.717, 1.165) is 16.7 Å². The number of methoxy groups -OCH3 is 2. The van der Waals surface area contributed by atoms with Crippen LogP contribution in [0, 0.1) is 11.3 Å². The molecule has 152 valence electrons. The molecule has 0 saturated carbocycles. The van der Waals surface area contributed by atoms with Gasteiger partial charge in [-0.1, -0.05) is 36.4 Å². The molecule has 0 aliphatic rings. The third-order valence-corrected chi connectivity index (χ3v) is 4.43. The molecule has 3 aromatic carbocycles. The van der Waals surface area contributed by atoms with E-state index in [1.807, 2.05) is 60.7 Å². The van der Waals surface area contributed by atoms with Crippen LogP contribution in [0.4, 0.5) is 0 Å². The van der Waals surface area contributed by atoms with E-state index in [0.29, 0.717) is 36.0 Å². The average molecular weight is 401 g/mol. The number of hydrogen-bond donors (Lipinski definition) is 1. The van der Waals surface area contributed by atoms with E-state index in [4.69, 9.17) is 14.2 Å². The van der Waals surface area contributed by atoms with Crippen LogP contribution in [0.5, 0.6) is 17.2 Å². The van der Waals surface area contributed by atoms with Gasteiger partial charge in [0, 0.05) is 5.56 Å². The largest absolute Gasteiger partial charge is 0.493 e. The monoisotopic (exact) mass is 401 g/mol. The number of benzene rings is 3. The molecular formula is C24H23N3O3. The lowest BCUT2D eigenvalue weighted by Crippen LogP contribution is -2.06. The van der Waals surface area contributed by atoms with Gasteiger partial charge in [0.2, 0.25) is 0 Å². The predicted molar refractivity (Wildman–Crippen MR) is 116 cm³/mol. The summed E-state index contributed by atoms with van der Waals surface area (Å²) >= 11 is 0. The smallest absolute Gasteiger partial charge is 0.161 e. The van der Waals surface area contributed by atoms with Gasteiger partial charge in [0.05, 0.1) is 38.6 Å². The van der Waals surface area contributed by atoms with Crippen molar-refractivity contribution in [2.45, 2.75) is 13.2 Å². The molecule has 3 aromatic rings. The number of nitrogens with one attached hydrogen (secondary N) is 1. The lowest BCUT2D eigenvalue weighted by molar-refractivity contribution is 0.306. The highest BCUT2D eigenvalue weighted by atomic mass is 16.5. The van der Waals surface area contributed by atoms with E-state index in [1.54, 1.807) is 26.5 Å². The zero-order valence-corrected chi connectivity index (χ0v) is 17.0. The van der Waals surface area contributed by atoms with Crippen LogP contribution in [-0.4, -0.2) is 20.4 Å². The van der Waals surface area contributed by atoms with Gasteiger partial charge in [0.1, 0.15) is 12.4 Å². The van der Waals surface area contributed by atoms with Crippen molar-refractivity contribution in [2.24, 2.45) is 5.10 Å². The highest BCUT2D eigenvalue weighted by molar-refractivity contribution is 5.79. The number of ether oxygens (including phenoxy) is 3. The number of nitriles is 1. The van der Waals surface area contributed by atoms with Gasteiger partial charge in [-0.3, -0.25) is 0 Å². The van der Waals surface area contributed by atoms with Crippen molar-refractivity contribution in [1.82, 2.24) is 5.43 Å². The van der Waals surface area contributed by atoms with Crippen LogP contribution >= 0.6 is 0 Å². The average Bonchev–Trinajstić information content (AvgIpc) is 2.80. The Kier molecular flexibility index (Phi) is 7.28. The van der Waals surface area contributed by atoms with Crippen molar-refractivity contribution in [3.05, 3.63) is 89.0 Å². The van der Waals surface area contributed by atoms with Crippen LogP contribution in [0.2, 0.25) is 0 Å². The molecule has 3 rings (SSSR count). The third kappa shape index (κ3) is 5.52. The van der Waals surface area contributed by atoms with E-state index in [-0.39, 0.29) is 0 Å². The fourth-order valence-electron chi connectivity index (χ4n) is 2.85. The van der Waals surface area contributed by atoms with Crippen LogP contribution in [0.15, 0.2) is 71.8 Å². The standard InChI is InChI=1S/C24H23N3O3/c1-28-23-11-10-19(13-24(23)29-2)16-27-26-15-18-6-5-9-22(12-18)30-17-21-8-4-3-7-20(21)14-25/h3-13,15,27H,16-17H2,1-2H3/b26-15-. The third-order valence-electron chi connectivity index (χ3n) is 4.43. The molecule has 6 heteroatoms. The van der Waals surface area contributed by atoms with Crippen LogP contribution < -0.4 is 19.6 Å². The molecule has 0 aromatic heterocycles. The summed E-state index contributed by atoms with van der Waals surface area (Å²) in [5, 5.41) is 13.5. The summed E-state index contributed by atoms with van der Waals surface area (Å²) in [4.78, 5) is 0. The summed E-state index contributed by atoms with van der Waals surface area (Å²) in [6.45, 7) is 0.889. The second-order valence-corrected chi connectivity index (χ2v) is 6.41. The molecule has 0 fully saturated rings. The lowest BCUT2D eigenvalue weighted by Gasteiger charge is -2.09. The Labute approximate surface area is 176 Å². The van der Waals surface area contributed by atoms with Gasteiger partial charge in [0.25, 0.3) is 0 Å². The molecular weight excluding hydrogens is 378 g/mol. The second-order valence-electron chi connectivity index (χ2n) is 6.41. The van der Waals surface area contributed by atoms with Gasteiger partial charge in [-0.15, -0.1) is 0 Å². The van der Waals surface area contributed by atoms with Crippen molar-refractivity contribution in [1.29, 1.82) is 5.26 Å². The number of nitrogens with zero attached hydrogens (tertiary/aromatic N) is 2. The SMILES string of the molecule is COc1ccc(CN/N=C\c2cccc(OCc3ccccc3C#N)c2)cc1OC. The maximum Gasteiger partial charge on any atom is 0.161 e. The first kappa shape index (κ1) is 20.7. The number of rotatable bonds is 9. The van der Waals surface area contributed by atoms with E-state index in [9.17, 15) is 5.26 Å². The minimum Gasteiger partial charge on any atom is -0.493 e. The van der Waals surface area contributed by atoms with E-state index in [2.05, 4.69) is 16.6 Å². The quantitative estimate of drug-likeness (QED) is 0.428. The zero-order chi connectivity index (χ0) is 21.2. The van der Waals surface area contributed by atoms with Crippen molar-refractivity contribution in [3.8, 4) is 23.3 Å². The Morgan fingerprint density at radius 1 is 0.967 bits per heavy atom. The van der Waals surface area contributed by atoms with Crippen LogP contribution in [0.3, 0.4) is 0 Å². The first-order valence-electron chi connectivity index (χ1n) is 9.41. The lowest BCUT2D eigenvalue weighted by atomic mass is 10.1. The number of hydrogen-bond acceptors (Lipinski definition) is 6. The second kappa shape index (κ2) is 10.5. The molecule has 0 radical (unpaired) electrons. The Balaban J connectivity index is 1.56. The Morgan fingerprint density at radius 3 is 2.60 bits per heavy atom. The van der Waals surface area contributed by atoms with Crippen molar-refractivity contribution in [2.75, 3.05) is 14.2 Å². The molecule has 6 nitrogen and oxygen atoms in total. The van der Waals surface area contributed by atoms with Gasteiger partial charge in [0.15, 0.2) is 11.5 Å². The van der Waals surface area contributed by atoms with Crippen LogP contribution in [0.25, 0.3) is 0 Å². The summed E-state index contributed by atoms with van der Waals surface area (Å²) in [5.74, 6) is 2.09. The van der Waals surface area contributed by atoms with Crippen LogP contribution in [-0.2, 0) is 13.2 Å². The molecule has 0 amide bonds. The van der Waals surface area contributed by atoms with E-state index < -0.39 is 0 Å². The van der Waals surface area contributed by atoms with Gasteiger partial charge in [-0.25, -0.2) is 0 Å². The van der Waals surface area contributed by atoms with Gasteiger partial charge in [-0.05, 0) is 41.5 Å². The highest BCUT2D eigenvalue weighted by Crippen LogP contribution is 2.27. The van der Waals surface area contributed by atoms with E-state index in [1.165, 1.54) is 0 Å². The summed E-state index contributed by atoms with van der Waals surface area (Å²) in [7, 11) is 3.22. The van der Waals surface area contributed by atoms with Crippen molar-refractivity contribution < 1.29 is 14.2 Å². The molecule has 1 N–H and O–H groups in total. The summed E-state index contributed by atoms with van der Waals surface area (Å²) in [5.41, 5.74) is 6.43. The first-order chi connectivity index (χ1) is 14.7. The topological polar surface area (TPSA) is 75.9 Å². The molecule has 0 atom stereocenters. The fourth-order valence-corrected chi connectivity index (χ4v) is 2.85. The summed E-state index contributed by atoms with van der Waals surface area (Å²) < 4.78 is 16.4. The van der Waals surface area contributed by atoms with E-state index >= 15 is 0 Å². The Hall–Kier alpha value is -3.98. The number of hydrazone groups is 1. The Bertz CT molecular complexity index is 1060. The van der Waals surface area contributed by atoms with Gasteiger partial charge in [-0.2, -0.15) is 10.4 Å². The minimum atomic E-state index is 0.335. The first-order valence-corrected chi connectivity index (χ1v) is 9.41. The molecule has 0 aliphatic heterocycles. The molecule has 0 heterocycles. The molecule has 0 aliphatic carbocycles. The van der Waals surface area contributed by atoms with Crippen LogP contribution in [0.1, 0.15) is 22.3 Å². The highest BCUT2D eigenvalue weighted by Gasteiger charge is 2.04. The molecule has 0 unspecified atom stereocenters. The van der Waals surface area contributed by atoms with Crippen molar-refractivity contribution >= 4 is 6.21 Å². The maximum atomic E-state index is 9.17. The predicted octanol–water partition coefficient (Wildman–Crippen LogP) is 4.28. The Morgan fingerprint density at radius 2 is 1.80 bits per heavy atom. The molecule has 0 bridgehead atoms. The zero-order valence-electron chi connectivity index (χ0n) is 17.0. The van der Waals surface area contributed by atoms with Crippen molar-refractivity contribution in [3.63, 3.8) is 0 Å².